The maximum Gasteiger partial charge on any atom is 0.243 e. The number of hydrogen-bond acceptors (Lipinski definition) is 8. The van der Waals surface area contributed by atoms with Crippen molar-refractivity contribution >= 4 is 51.5 Å². The second kappa shape index (κ2) is 13.7. The molecule has 13 heteroatoms. The van der Waals surface area contributed by atoms with Gasteiger partial charge in [-0.3, -0.25) is 24.0 Å². The van der Waals surface area contributed by atoms with Crippen LogP contribution >= 0.6 is 23.5 Å². The van der Waals surface area contributed by atoms with Crippen molar-refractivity contribution in [2.75, 3.05) is 18.6 Å². The first-order chi connectivity index (χ1) is 17.4. The van der Waals surface area contributed by atoms with Crippen LogP contribution in [-0.4, -0.2) is 63.7 Å². The molecule has 0 radical (unpaired) electrons. The quantitative estimate of drug-likeness (QED) is 0.351. The summed E-state index contributed by atoms with van der Waals surface area (Å²) in [6.07, 6.45) is 0. The van der Waals surface area contributed by atoms with Gasteiger partial charge in [0.05, 0.1) is 5.56 Å². The maximum absolute atomic E-state index is 14.2. The predicted molar refractivity (Wildman–Crippen MR) is 137 cm³/mol. The molecule has 0 saturated heterocycles. The Hall–Kier alpha value is -3.45. The standard InChI is InChI=1S/C24H25F2N3O6S2/c1-12(30)28-19(22(33)27-3)10-37-24(35)20(29-13(2)31)11-36-23(34)17-8-14(4-7-21(17)32)16-6-5-15(25)9-18(16)26/h4-9,19-20,32H,10-11H2,1-3H3,(H,27,33)(H,28,30)(H,29,31)/t19-,20-/m0/s1. The zero-order chi connectivity index (χ0) is 27.7. The van der Waals surface area contributed by atoms with E-state index >= 15 is 0 Å². The minimum absolute atomic E-state index is 0.0213. The SMILES string of the molecule is CNC(=O)[C@H](CSC(=O)[C@H](CSC(=O)c1cc(-c2ccc(F)cc2F)ccc1O)NC(C)=O)NC(C)=O. The number of halogens is 2. The van der Waals surface area contributed by atoms with Gasteiger partial charge in [-0.15, -0.1) is 0 Å². The summed E-state index contributed by atoms with van der Waals surface area (Å²) in [5.74, 6) is -3.83. The molecular formula is C24H25F2N3O6S2. The normalized spacial score (nSPS) is 12.2. The summed E-state index contributed by atoms with van der Waals surface area (Å²) < 4.78 is 27.4. The highest BCUT2D eigenvalue weighted by molar-refractivity contribution is 8.15. The van der Waals surface area contributed by atoms with Gasteiger partial charge in [-0.25, -0.2) is 8.78 Å². The van der Waals surface area contributed by atoms with Crippen LogP contribution in [0.2, 0.25) is 0 Å². The van der Waals surface area contributed by atoms with Gasteiger partial charge in [-0.1, -0.05) is 29.6 Å². The summed E-state index contributed by atoms with van der Waals surface area (Å²) in [5.41, 5.74) is 0.0775. The summed E-state index contributed by atoms with van der Waals surface area (Å²) in [4.78, 5) is 60.5. The highest BCUT2D eigenvalue weighted by Crippen LogP contribution is 2.31. The van der Waals surface area contributed by atoms with Crippen molar-refractivity contribution in [3.63, 3.8) is 0 Å². The van der Waals surface area contributed by atoms with Crippen molar-refractivity contribution in [3.8, 4) is 16.9 Å². The molecule has 0 heterocycles. The van der Waals surface area contributed by atoms with Crippen molar-refractivity contribution < 1.29 is 37.9 Å². The molecule has 198 valence electrons. The fraction of sp³-hybridized carbons (Fsp3) is 0.292. The molecule has 3 amide bonds. The molecule has 0 unspecified atom stereocenters. The minimum atomic E-state index is -1.13. The molecule has 4 N–H and O–H groups in total. The van der Waals surface area contributed by atoms with Crippen LogP contribution in [0.25, 0.3) is 11.1 Å². The van der Waals surface area contributed by atoms with E-state index in [1.807, 2.05) is 0 Å². The van der Waals surface area contributed by atoms with Crippen LogP contribution in [0.5, 0.6) is 5.75 Å². The van der Waals surface area contributed by atoms with Crippen LogP contribution in [0, 0.1) is 11.6 Å². The molecule has 0 fully saturated rings. The summed E-state index contributed by atoms with van der Waals surface area (Å²) in [6, 6.07) is 4.64. The molecular weight excluding hydrogens is 528 g/mol. The van der Waals surface area contributed by atoms with Crippen LogP contribution in [0.1, 0.15) is 24.2 Å². The Bertz CT molecular complexity index is 1210. The number of phenolic OH excluding ortho intramolecular Hbond substituents is 1. The molecule has 37 heavy (non-hydrogen) atoms. The highest BCUT2D eigenvalue weighted by Gasteiger charge is 2.26. The van der Waals surface area contributed by atoms with E-state index in [0.29, 0.717) is 29.6 Å². The smallest absolute Gasteiger partial charge is 0.243 e. The summed E-state index contributed by atoms with van der Waals surface area (Å²) >= 11 is 1.34. The van der Waals surface area contributed by atoms with Gasteiger partial charge in [-0.05, 0) is 29.8 Å². The Morgan fingerprint density at radius 2 is 1.51 bits per heavy atom. The summed E-state index contributed by atoms with van der Waals surface area (Å²) in [6.45, 7) is 2.41. The molecule has 0 aliphatic heterocycles. The second-order valence-corrected chi connectivity index (χ2v) is 9.72. The van der Waals surface area contributed by atoms with E-state index in [2.05, 4.69) is 16.0 Å². The first kappa shape index (κ1) is 29.8. The van der Waals surface area contributed by atoms with E-state index in [1.54, 1.807) is 0 Å². The number of nitrogens with one attached hydrogen (secondary N) is 3. The predicted octanol–water partition coefficient (Wildman–Crippen LogP) is 2.23. The van der Waals surface area contributed by atoms with Crippen LogP contribution in [0.4, 0.5) is 8.78 Å². The molecule has 2 aromatic rings. The van der Waals surface area contributed by atoms with E-state index in [0.717, 1.165) is 6.07 Å². The van der Waals surface area contributed by atoms with Gasteiger partial charge in [0.2, 0.25) is 28.0 Å². The third-order valence-electron chi connectivity index (χ3n) is 4.83. The molecule has 0 spiro atoms. The number of aromatic hydroxyl groups is 1. The fourth-order valence-corrected chi connectivity index (χ4v) is 5.00. The lowest BCUT2D eigenvalue weighted by atomic mass is 10.0. The first-order valence-corrected chi connectivity index (χ1v) is 12.8. The lowest BCUT2D eigenvalue weighted by Gasteiger charge is -2.19. The van der Waals surface area contributed by atoms with E-state index in [1.165, 1.54) is 45.2 Å². The zero-order valence-corrected chi connectivity index (χ0v) is 21.7. The van der Waals surface area contributed by atoms with Crippen molar-refractivity contribution in [2.45, 2.75) is 25.9 Å². The number of carbonyl (C=O) groups is 5. The van der Waals surface area contributed by atoms with Gasteiger partial charge in [0, 0.05) is 44.0 Å². The van der Waals surface area contributed by atoms with Crippen LogP contribution < -0.4 is 16.0 Å². The zero-order valence-electron chi connectivity index (χ0n) is 20.1. The third-order valence-corrected chi connectivity index (χ3v) is 6.89. The van der Waals surface area contributed by atoms with Gasteiger partial charge >= 0.3 is 0 Å². The molecule has 0 aliphatic carbocycles. The number of rotatable bonds is 10. The van der Waals surface area contributed by atoms with Crippen LogP contribution in [-0.2, 0) is 19.2 Å². The van der Waals surface area contributed by atoms with E-state index < -0.39 is 51.7 Å². The van der Waals surface area contributed by atoms with Gasteiger partial charge in [-0.2, -0.15) is 0 Å². The van der Waals surface area contributed by atoms with Crippen molar-refractivity contribution in [3.05, 3.63) is 53.6 Å². The third kappa shape index (κ3) is 8.86. The molecule has 2 aromatic carbocycles. The van der Waals surface area contributed by atoms with E-state index in [-0.39, 0.29) is 33.9 Å². The fourth-order valence-electron chi connectivity index (χ4n) is 3.11. The van der Waals surface area contributed by atoms with Crippen LogP contribution in [0.15, 0.2) is 36.4 Å². The lowest BCUT2D eigenvalue weighted by molar-refractivity contribution is -0.127. The number of amides is 3. The topological polar surface area (TPSA) is 142 Å². The van der Waals surface area contributed by atoms with Crippen molar-refractivity contribution in [2.24, 2.45) is 0 Å². The van der Waals surface area contributed by atoms with Gasteiger partial charge in [0.1, 0.15) is 29.5 Å². The van der Waals surface area contributed by atoms with Crippen LogP contribution in [0.3, 0.4) is 0 Å². The van der Waals surface area contributed by atoms with Gasteiger partial charge < -0.3 is 21.1 Å². The Balaban J connectivity index is 2.14. The first-order valence-electron chi connectivity index (χ1n) is 10.8. The lowest BCUT2D eigenvalue weighted by Crippen LogP contribution is -2.47. The van der Waals surface area contributed by atoms with Gasteiger partial charge in [0.15, 0.2) is 0 Å². The Morgan fingerprint density at radius 3 is 2.11 bits per heavy atom. The number of carbonyl (C=O) groups excluding carboxylic acids is 5. The molecule has 0 bridgehead atoms. The number of hydrogen-bond donors (Lipinski definition) is 4. The average molecular weight is 554 g/mol. The van der Waals surface area contributed by atoms with E-state index in [4.69, 9.17) is 0 Å². The Kier molecular flexibility index (Phi) is 11.1. The Morgan fingerprint density at radius 1 is 0.892 bits per heavy atom. The highest BCUT2D eigenvalue weighted by atomic mass is 32.2. The number of benzene rings is 2. The molecule has 2 rings (SSSR count). The minimum Gasteiger partial charge on any atom is -0.507 e. The molecule has 0 aromatic heterocycles. The monoisotopic (exact) mass is 553 g/mol. The van der Waals surface area contributed by atoms with E-state index in [9.17, 15) is 37.9 Å². The molecule has 9 nitrogen and oxygen atoms in total. The number of thioether (sulfide) groups is 2. The van der Waals surface area contributed by atoms with Crippen molar-refractivity contribution in [1.82, 2.24) is 16.0 Å². The molecule has 2 atom stereocenters. The summed E-state index contributed by atoms with van der Waals surface area (Å²) in [5, 5.41) is 16.2. The van der Waals surface area contributed by atoms with Gasteiger partial charge in [0.25, 0.3) is 0 Å². The second-order valence-electron chi connectivity index (χ2n) is 7.71. The Labute approximate surface area is 220 Å². The number of phenols is 1. The summed E-state index contributed by atoms with van der Waals surface area (Å²) in [7, 11) is 1.38. The largest absolute Gasteiger partial charge is 0.507 e. The number of likely N-dealkylation sites (N-methyl/N-ethyl adjacent to an activating group) is 1. The van der Waals surface area contributed by atoms with Crippen molar-refractivity contribution in [1.29, 1.82) is 0 Å². The average Bonchev–Trinajstić information content (AvgIpc) is 2.83. The maximum atomic E-state index is 14.2. The molecule has 0 aliphatic rings. The molecule has 0 saturated carbocycles.